The number of hydrogen-bond donors (Lipinski definition) is 1. The number of benzene rings is 2. The summed E-state index contributed by atoms with van der Waals surface area (Å²) in [5, 5.41) is 25.0. The molecule has 1 N–H and O–H groups in total. The molecule has 0 fully saturated rings. The van der Waals surface area contributed by atoms with Crippen molar-refractivity contribution in [2.24, 2.45) is 0 Å². The second-order valence-electron chi connectivity index (χ2n) is 6.53. The zero-order valence-electron chi connectivity index (χ0n) is 16.4. The lowest BCUT2D eigenvalue weighted by molar-refractivity contribution is -0.384. The number of nitriles is 1. The van der Waals surface area contributed by atoms with Crippen molar-refractivity contribution in [2.45, 2.75) is 0 Å². The summed E-state index contributed by atoms with van der Waals surface area (Å²) in [6.45, 7) is 0. The summed E-state index contributed by atoms with van der Waals surface area (Å²) >= 11 is 1.26. The van der Waals surface area contributed by atoms with Gasteiger partial charge in [-0.1, -0.05) is 30.3 Å². The Hall–Kier alpha value is -4.55. The first-order chi connectivity index (χ1) is 15.5. The maximum Gasteiger partial charge on any atom is 0.269 e. The number of rotatable bonds is 6. The monoisotopic (exact) mass is 442 g/mol. The summed E-state index contributed by atoms with van der Waals surface area (Å²) in [7, 11) is 0. The molecule has 0 aliphatic carbocycles. The first-order valence-electron chi connectivity index (χ1n) is 9.32. The van der Waals surface area contributed by atoms with Gasteiger partial charge in [0.25, 0.3) is 11.6 Å². The molecule has 1 amide bonds. The highest BCUT2D eigenvalue weighted by molar-refractivity contribution is 7.14. The number of furan rings is 1. The average molecular weight is 442 g/mol. The smallest absolute Gasteiger partial charge is 0.269 e. The molecule has 32 heavy (non-hydrogen) atoms. The fourth-order valence-electron chi connectivity index (χ4n) is 2.86. The first kappa shape index (κ1) is 20.7. The lowest BCUT2D eigenvalue weighted by Crippen LogP contribution is -2.13. The second-order valence-corrected chi connectivity index (χ2v) is 7.39. The van der Waals surface area contributed by atoms with E-state index in [0.29, 0.717) is 22.2 Å². The van der Waals surface area contributed by atoms with Crippen LogP contribution < -0.4 is 5.32 Å². The van der Waals surface area contributed by atoms with Gasteiger partial charge in [-0.25, -0.2) is 4.98 Å². The van der Waals surface area contributed by atoms with Crippen LogP contribution in [0.4, 0.5) is 10.8 Å². The molecular formula is C23H14N4O4S. The van der Waals surface area contributed by atoms with Gasteiger partial charge in [-0.2, -0.15) is 5.26 Å². The number of thiazole rings is 1. The third-order valence-electron chi connectivity index (χ3n) is 4.44. The molecule has 0 aliphatic rings. The molecule has 2 aromatic carbocycles. The summed E-state index contributed by atoms with van der Waals surface area (Å²) in [6.07, 6.45) is 1.33. The predicted octanol–water partition coefficient (Wildman–Crippen LogP) is 5.52. The quantitative estimate of drug-likeness (QED) is 0.181. The average Bonchev–Trinajstić information content (AvgIpc) is 3.48. The van der Waals surface area contributed by atoms with Gasteiger partial charge in [0.05, 0.1) is 10.6 Å². The van der Waals surface area contributed by atoms with Crippen molar-refractivity contribution in [1.82, 2.24) is 4.98 Å². The minimum atomic E-state index is -0.602. The number of amides is 1. The van der Waals surface area contributed by atoms with Gasteiger partial charge in [0, 0.05) is 34.7 Å². The van der Waals surface area contributed by atoms with E-state index in [1.54, 1.807) is 24.3 Å². The SMILES string of the molecule is N#C/C(=C/c1ccc(-c2ccc([N+](=O)[O-])cc2)o1)C(=O)Nc1nc(-c2ccccc2)cs1. The highest BCUT2D eigenvalue weighted by Gasteiger charge is 2.14. The fourth-order valence-corrected chi connectivity index (χ4v) is 3.58. The number of nitro benzene ring substituents is 1. The van der Waals surface area contributed by atoms with E-state index in [0.717, 1.165) is 11.3 Å². The molecule has 0 atom stereocenters. The number of anilines is 1. The van der Waals surface area contributed by atoms with Gasteiger partial charge in [0.2, 0.25) is 0 Å². The molecule has 0 aliphatic heterocycles. The normalized spacial score (nSPS) is 11.0. The fraction of sp³-hybridized carbons (Fsp3) is 0. The minimum absolute atomic E-state index is 0.0264. The Morgan fingerprint density at radius 1 is 1.09 bits per heavy atom. The van der Waals surface area contributed by atoms with Crippen LogP contribution in [0.3, 0.4) is 0 Å². The third kappa shape index (κ3) is 4.61. The number of nitrogens with one attached hydrogen (secondary N) is 1. The Morgan fingerprint density at radius 3 is 2.53 bits per heavy atom. The molecule has 0 saturated carbocycles. The molecule has 2 aromatic heterocycles. The largest absolute Gasteiger partial charge is 0.457 e. The van der Waals surface area contributed by atoms with Crippen LogP contribution >= 0.6 is 11.3 Å². The number of carbonyl (C=O) groups excluding carboxylic acids is 1. The Kier molecular flexibility index (Phi) is 5.87. The standard InChI is InChI=1S/C23H14N4O4S/c24-13-17(22(28)26-23-25-20(14-32-23)15-4-2-1-3-5-15)12-19-10-11-21(31-19)16-6-8-18(9-7-16)27(29)30/h1-12,14H,(H,25,26,28)/b17-12-. The molecule has 9 heteroatoms. The molecule has 0 unspecified atom stereocenters. The van der Waals surface area contributed by atoms with Crippen LogP contribution in [-0.2, 0) is 4.79 Å². The van der Waals surface area contributed by atoms with Crippen LogP contribution in [0.15, 0.2) is 82.1 Å². The number of nitro groups is 1. The van der Waals surface area contributed by atoms with E-state index in [1.807, 2.05) is 41.8 Å². The Morgan fingerprint density at radius 2 is 1.84 bits per heavy atom. The summed E-state index contributed by atoms with van der Waals surface area (Å²) in [4.78, 5) is 27.2. The minimum Gasteiger partial charge on any atom is -0.457 e. The number of hydrogen-bond acceptors (Lipinski definition) is 7. The van der Waals surface area contributed by atoms with Crippen molar-refractivity contribution in [3.05, 3.63) is 93.6 Å². The van der Waals surface area contributed by atoms with E-state index in [2.05, 4.69) is 10.3 Å². The molecule has 0 spiro atoms. The van der Waals surface area contributed by atoms with Gasteiger partial charge >= 0.3 is 0 Å². The molecule has 8 nitrogen and oxygen atoms in total. The van der Waals surface area contributed by atoms with Gasteiger partial charge < -0.3 is 4.42 Å². The summed E-state index contributed by atoms with van der Waals surface area (Å²) < 4.78 is 5.67. The Balaban J connectivity index is 1.48. The van der Waals surface area contributed by atoms with Crippen molar-refractivity contribution < 1.29 is 14.1 Å². The maximum atomic E-state index is 12.5. The highest BCUT2D eigenvalue weighted by Crippen LogP contribution is 2.27. The van der Waals surface area contributed by atoms with Crippen molar-refractivity contribution in [1.29, 1.82) is 5.26 Å². The number of aromatic nitrogens is 1. The molecule has 0 bridgehead atoms. The van der Waals surface area contributed by atoms with E-state index in [-0.39, 0.29) is 11.3 Å². The van der Waals surface area contributed by atoms with Gasteiger partial charge in [-0.3, -0.25) is 20.2 Å². The van der Waals surface area contributed by atoms with Crippen molar-refractivity contribution in [3.8, 4) is 28.7 Å². The van der Waals surface area contributed by atoms with E-state index in [9.17, 15) is 20.2 Å². The number of nitrogens with zero attached hydrogens (tertiary/aromatic N) is 3. The molecule has 0 radical (unpaired) electrons. The van der Waals surface area contributed by atoms with Crippen LogP contribution in [0.2, 0.25) is 0 Å². The summed E-state index contributed by atoms with van der Waals surface area (Å²) in [5.74, 6) is 0.153. The number of non-ortho nitro benzene ring substituents is 1. The molecule has 156 valence electrons. The van der Waals surface area contributed by atoms with Crippen molar-refractivity contribution >= 4 is 34.1 Å². The first-order valence-corrected chi connectivity index (χ1v) is 10.2. The maximum absolute atomic E-state index is 12.5. The molecular weight excluding hydrogens is 428 g/mol. The number of carbonyl (C=O) groups is 1. The van der Waals surface area contributed by atoms with Crippen molar-refractivity contribution in [3.63, 3.8) is 0 Å². The molecule has 0 saturated heterocycles. The highest BCUT2D eigenvalue weighted by atomic mass is 32.1. The second kappa shape index (κ2) is 9.07. The Labute approximate surface area is 186 Å². The van der Waals surface area contributed by atoms with E-state index >= 15 is 0 Å². The van der Waals surface area contributed by atoms with E-state index < -0.39 is 10.8 Å². The topological polar surface area (TPSA) is 122 Å². The van der Waals surface area contributed by atoms with E-state index in [4.69, 9.17) is 4.42 Å². The lowest BCUT2D eigenvalue weighted by atomic mass is 10.1. The van der Waals surface area contributed by atoms with Crippen LogP contribution in [-0.4, -0.2) is 15.8 Å². The molecule has 2 heterocycles. The van der Waals surface area contributed by atoms with Gasteiger partial charge in [-0.15, -0.1) is 11.3 Å². The summed E-state index contributed by atoms with van der Waals surface area (Å²) in [6, 6.07) is 20.6. The molecule has 4 rings (SSSR count). The van der Waals surface area contributed by atoms with Crippen molar-refractivity contribution in [2.75, 3.05) is 5.32 Å². The van der Waals surface area contributed by atoms with Crippen LogP contribution in [0.1, 0.15) is 5.76 Å². The zero-order valence-corrected chi connectivity index (χ0v) is 17.2. The van der Waals surface area contributed by atoms with Gasteiger partial charge in [0.1, 0.15) is 23.2 Å². The van der Waals surface area contributed by atoms with Crippen LogP contribution in [0.5, 0.6) is 0 Å². The van der Waals surface area contributed by atoms with Gasteiger partial charge in [-0.05, 0) is 24.3 Å². The van der Waals surface area contributed by atoms with E-state index in [1.165, 1.54) is 29.5 Å². The van der Waals surface area contributed by atoms with Gasteiger partial charge in [0.15, 0.2) is 5.13 Å². The summed E-state index contributed by atoms with van der Waals surface area (Å²) in [5.41, 5.74) is 2.11. The third-order valence-corrected chi connectivity index (χ3v) is 5.19. The van der Waals surface area contributed by atoms with Crippen LogP contribution in [0.25, 0.3) is 28.7 Å². The zero-order chi connectivity index (χ0) is 22.5. The Bertz CT molecular complexity index is 1350. The predicted molar refractivity (Wildman–Crippen MR) is 121 cm³/mol. The lowest BCUT2D eigenvalue weighted by Gasteiger charge is -2.00. The molecule has 4 aromatic rings. The van der Waals surface area contributed by atoms with Crippen LogP contribution in [0, 0.1) is 21.4 Å².